The van der Waals surface area contributed by atoms with Gasteiger partial charge in [-0.15, -0.1) is 0 Å². The fourth-order valence-corrected chi connectivity index (χ4v) is 4.65. The van der Waals surface area contributed by atoms with Crippen molar-refractivity contribution in [2.75, 3.05) is 39.6 Å². The summed E-state index contributed by atoms with van der Waals surface area (Å²) in [6.07, 6.45) is 10.2. The monoisotopic (exact) mass is 670 g/mol. The summed E-state index contributed by atoms with van der Waals surface area (Å²) in [6.45, 7) is 2.31. The number of carbonyl (C=O) groups is 4. The molecule has 266 valence electrons. The van der Waals surface area contributed by atoms with Crippen LogP contribution in [0.2, 0.25) is 0 Å². The molecule has 10 nitrogen and oxygen atoms in total. The van der Waals surface area contributed by atoms with Gasteiger partial charge in [0, 0.05) is 25.7 Å². The third kappa shape index (κ3) is 23.5. The third-order valence-electron chi connectivity index (χ3n) is 7.36. The Morgan fingerprint density at radius 2 is 0.646 bits per heavy atom. The maximum atomic E-state index is 11.9. The van der Waals surface area contributed by atoms with Crippen molar-refractivity contribution in [3.05, 3.63) is 71.8 Å². The molecule has 48 heavy (non-hydrogen) atoms. The van der Waals surface area contributed by atoms with Gasteiger partial charge in [-0.25, -0.2) is 0 Å². The van der Waals surface area contributed by atoms with Crippen molar-refractivity contribution in [1.29, 1.82) is 0 Å². The summed E-state index contributed by atoms with van der Waals surface area (Å²) in [6, 6.07) is 19.2. The van der Waals surface area contributed by atoms with Gasteiger partial charge in [-0.1, -0.05) is 99.2 Å². The van der Waals surface area contributed by atoms with Gasteiger partial charge in [-0.3, -0.25) is 19.2 Å². The van der Waals surface area contributed by atoms with Gasteiger partial charge >= 0.3 is 23.9 Å². The van der Waals surface area contributed by atoms with Crippen LogP contribution < -0.4 is 0 Å². The van der Waals surface area contributed by atoms with Crippen molar-refractivity contribution in [2.45, 2.75) is 103 Å². The normalized spacial score (nSPS) is 10.8. The van der Waals surface area contributed by atoms with Crippen LogP contribution in [-0.4, -0.2) is 63.5 Å². The van der Waals surface area contributed by atoms with Crippen LogP contribution in [0.15, 0.2) is 60.7 Å². The third-order valence-corrected chi connectivity index (χ3v) is 7.36. The van der Waals surface area contributed by atoms with E-state index in [1.54, 1.807) is 0 Å². The van der Waals surface area contributed by atoms with E-state index in [2.05, 4.69) is 0 Å². The number of ether oxygens (including phenoxy) is 6. The van der Waals surface area contributed by atoms with Crippen molar-refractivity contribution in [2.24, 2.45) is 0 Å². The van der Waals surface area contributed by atoms with Gasteiger partial charge < -0.3 is 28.4 Å². The van der Waals surface area contributed by atoms with E-state index in [0.717, 1.165) is 75.3 Å². The van der Waals surface area contributed by atoms with Crippen LogP contribution in [0.3, 0.4) is 0 Å². The number of hydrogen-bond donors (Lipinski definition) is 0. The number of hydrogen-bond acceptors (Lipinski definition) is 10. The molecule has 0 atom stereocenters. The molecule has 0 saturated carbocycles. The quantitative estimate of drug-likeness (QED) is 0.0505. The van der Waals surface area contributed by atoms with Crippen LogP contribution in [0, 0.1) is 0 Å². The summed E-state index contributed by atoms with van der Waals surface area (Å²) in [5, 5.41) is 0. The van der Waals surface area contributed by atoms with Crippen LogP contribution in [0.5, 0.6) is 0 Å². The molecule has 0 N–H and O–H groups in total. The Morgan fingerprint density at radius 3 is 1.00 bits per heavy atom. The van der Waals surface area contributed by atoms with E-state index in [9.17, 15) is 19.2 Å². The van der Waals surface area contributed by atoms with Gasteiger partial charge in [-0.2, -0.15) is 0 Å². The van der Waals surface area contributed by atoms with Crippen LogP contribution >= 0.6 is 0 Å². The Bertz CT molecular complexity index is 1030. The minimum atomic E-state index is -0.238. The SMILES string of the molecule is O=C(CCCCCCCC(=O)OCc1ccccc1)OCCOCCOCCOC(=O)CCCCCCCC(=O)OCc1ccccc1. The second kappa shape index (κ2) is 28.3. The first-order valence-corrected chi connectivity index (χ1v) is 17.4. The molecule has 0 amide bonds. The summed E-state index contributed by atoms with van der Waals surface area (Å²) >= 11 is 0. The predicted molar refractivity (Wildman–Crippen MR) is 181 cm³/mol. The van der Waals surface area contributed by atoms with Gasteiger partial charge in [0.1, 0.15) is 26.4 Å². The standard InChI is InChI=1S/C38H54O10/c39-35(21-13-3-1-5-15-23-37(41)47-31-33-17-9-7-10-18-33)45-29-27-43-25-26-44-28-30-46-36(40)22-14-4-2-6-16-24-38(42)48-32-34-19-11-8-12-20-34/h7-12,17-20H,1-6,13-16,21-32H2. The molecule has 10 heteroatoms. The van der Waals surface area contributed by atoms with Crippen LogP contribution in [-0.2, 0) is 60.8 Å². The molecule has 0 aliphatic heterocycles. The van der Waals surface area contributed by atoms with Crippen LogP contribution in [0.4, 0.5) is 0 Å². The number of unbranched alkanes of at least 4 members (excludes halogenated alkanes) is 8. The van der Waals surface area contributed by atoms with E-state index in [4.69, 9.17) is 28.4 Å². The molecule has 0 fully saturated rings. The van der Waals surface area contributed by atoms with Gasteiger partial charge in [-0.05, 0) is 36.8 Å². The maximum absolute atomic E-state index is 11.9. The molecular weight excluding hydrogens is 616 g/mol. The summed E-state index contributed by atoms with van der Waals surface area (Å²) in [7, 11) is 0. The molecule has 0 aromatic heterocycles. The zero-order valence-electron chi connectivity index (χ0n) is 28.4. The average molecular weight is 671 g/mol. The first-order chi connectivity index (χ1) is 23.5. The lowest BCUT2D eigenvalue weighted by Crippen LogP contribution is -2.15. The van der Waals surface area contributed by atoms with Crippen molar-refractivity contribution in [1.82, 2.24) is 0 Å². The maximum Gasteiger partial charge on any atom is 0.306 e. The molecule has 0 saturated heterocycles. The van der Waals surface area contributed by atoms with E-state index in [1.807, 2.05) is 60.7 Å². The topological polar surface area (TPSA) is 124 Å². The highest BCUT2D eigenvalue weighted by atomic mass is 16.6. The highest BCUT2D eigenvalue weighted by molar-refractivity contribution is 5.70. The molecule has 2 aromatic carbocycles. The lowest BCUT2D eigenvalue weighted by atomic mass is 10.1. The molecule has 0 spiro atoms. The number of rotatable bonds is 29. The van der Waals surface area contributed by atoms with E-state index >= 15 is 0 Å². The van der Waals surface area contributed by atoms with E-state index in [-0.39, 0.29) is 37.1 Å². The van der Waals surface area contributed by atoms with Gasteiger partial charge in [0.2, 0.25) is 0 Å². The Hall–Kier alpha value is -3.76. The second-order valence-electron chi connectivity index (χ2n) is 11.5. The molecule has 0 radical (unpaired) electrons. The molecular formula is C38H54O10. The fourth-order valence-electron chi connectivity index (χ4n) is 4.65. The van der Waals surface area contributed by atoms with E-state index < -0.39 is 0 Å². The van der Waals surface area contributed by atoms with Crippen molar-refractivity contribution in [3.8, 4) is 0 Å². The first kappa shape index (κ1) is 40.4. The average Bonchev–Trinajstić information content (AvgIpc) is 3.10. The lowest BCUT2D eigenvalue weighted by molar-refractivity contribution is -0.147. The summed E-state index contributed by atoms with van der Waals surface area (Å²) in [4.78, 5) is 47.4. The van der Waals surface area contributed by atoms with Gasteiger partial charge in [0.25, 0.3) is 0 Å². The van der Waals surface area contributed by atoms with Crippen molar-refractivity contribution >= 4 is 23.9 Å². The molecule has 0 aliphatic rings. The first-order valence-electron chi connectivity index (χ1n) is 17.4. The second-order valence-corrected chi connectivity index (χ2v) is 11.5. The zero-order chi connectivity index (χ0) is 34.3. The minimum Gasteiger partial charge on any atom is -0.463 e. The number of carbonyl (C=O) groups excluding carboxylic acids is 4. The Balaban J connectivity index is 1.25. The zero-order valence-corrected chi connectivity index (χ0v) is 28.4. The molecule has 0 aliphatic carbocycles. The smallest absolute Gasteiger partial charge is 0.306 e. The lowest BCUT2D eigenvalue weighted by Gasteiger charge is -2.08. The Labute approximate surface area is 285 Å². The number of benzene rings is 2. The molecule has 0 bridgehead atoms. The molecule has 0 unspecified atom stereocenters. The molecule has 2 rings (SSSR count). The summed E-state index contributed by atoms with van der Waals surface area (Å²) in [5.41, 5.74) is 1.96. The molecule has 0 heterocycles. The highest BCUT2D eigenvalue weighted by Gasteiger charge is 2.07. The van der Waals surface area contributed by atoms with E-state index in [1.165, 1.54) is 0 Å². The van der Waals surface area contributed by atoms with Crippen LogP contribution in [0.1, 0.15) is 101 Å². The van der Waals surface area contributed by atoms with Gasteiger partial charge in [0.05, 0.1) is 26.4 Å². The minimum absolute atomic E-state index is 0.180. The summed E-state index contributed by atoms with van der Waals surface area (Å²) in [5.74, 6) is -0.836. The number of esters is 4. The van der Waals surface area contributed by atoms with Gasteiger partial charge in [0.15, 0.2) is 0 Å². The summed E-state index contributed by atoms with van der Waals surface area (Å²) < 4.78 is 31.7. The largest absolute Gasteiger partial charge is 0.463 e. The fraction of sp³-hybridized carbons (Fsp3) is 0.579. The van der Waals surface area contributed by atoms with Crippen molar-refractivity contribution in [3.63, 3.8) is 0 Å². The highest BCUT2D eigenvalue weighted by Crippen LogP contribution is 2.11. The van der Waals surface area contributed by atoms with E-state index in [0.29, 0.717) is 65.3 Å². The van der Waals surface area contributed by atoms with Crippen molar-refractivity contribution < 1.29 is 47.6 Å². The Kier molecular flexibility index (Phi) is 23.8. The predicted octanol–water partition coefficient (Wildman–Crippen LogP) is 7.05. The molecule has 2 aromatic rings. The Morgan fingerprint density at radius 1 is 0.354 bits per heavy atom. The van der Waals surface area contributed by atoms with Crippen LogP contribution in [0.25, 0.3) is 0 Å².